The van der Waals surface area contributed by atoms with E-state index in [1.807, 2.05) is 24.3 Å². The zero-order valence-electron chi connectivity index (χ0n) is 16.5. The van der Waals surface area contributed by atoms with E-state index in [1.54, 1.807) is 25.3 Å². The summed E-state index contributed by atoms with van der Waals surface area (Å²) in [5.74, 6) is 0.283. The first kappa shape index (κ1) is 19.2. The van der Waals surface area contributed by atoms with Crippen LogP contribution >= 0.6 is 0 Å². The number of piperazine rings is 1. The van der Waals surface area contributed by atoms with Crippen molar-refractivity contribution in [2.24, 2.45) is 5.92 Å². The van der Waals surface area contributed by atoms with Gasteiger partial charge in [0.2, 0.25) is 5.91 Å². The molecule has 152 valence electrons. The number of hydrogen-bond donors (Lipinski definition) is 1. The maximum absolute atomic E-state index is 13.2. The van der Waals surface area contributed by atoms with E-state index in [-0.39, 0.29) is 28.5 Å². The number of ether oxygens (including phenoxy) is 1. The number of methoxy groups -OCH3 is 1. The van der Waals surface area contributed by atoms with Crippen LogP contribution in [-0.2, 0) is 11.2 Å². The fourth-order valence-electron chi connectivity index (χ4n) is 4.30. The topological polar surface area (TPSA) is 87.9 Å². The molecule has 2 atom stereocenters. The van der Waals surface area contributed by atoms with Crippen LogP contribution in [-0.4, -0.2) is 55.6 Å². The molecule has 2 aliphatic heterocycles. The van der Waals surface area contributed by atoms with Crippen molar-refractivity contribution in [3.05, 3.63) is 58.1 Å². The zero-order chi connectivity index (χ0) is 20.5. The van der Waals surface area contributed by atoms with Crippen molar-refractivity contribution < 1.29 is 14.5 Å². The Bertz CT molecular complexity index is 948. The Morgan fingerprint density at radius 2 is 2.07 bits per heavy atom. The second-order valence-corrected chi connectivity index (χ2v) is 7.62. The first-order valence-electron chi connectivity index (χ1n) is 9.63. The summed E-state index contributed by atoms with van der Waals surface area (Å²) in [6, 6.07) is 12.3. The monoisotopic (exact) mass is 396 g/mol. The molecule has 1 saturated heterocycles. The van der Waals surface area contributed by atoms with Gasteiger partial charge in [0.1, 0.15) is 5.75 Å². The molecule has 1 fully saturated rings. The summed E-state index contributed by atoms with van der Waals surface area (Å²) in [5, 5.41) is 14.2. The molecule has 8 nitrogen and oxygen atoms in total. The van der Waals surface area contributed by atoms with Gasteiger partial charge in [0.25, 0.3) is 5.69 Å². The highest BCUT2D eigenvalue weighted by molar-refractivity contribution is 5.94. The lowest BCUT2D eigenvalue weighted by Crippen LogP contribution is -2.59. The van der Waals surface area contributed by atoms with E-state index in [0.29, 0.717) is 17.9 Å². The lowest BCUT2D eigenvalue weighted by atomic mass is 9.83. The van der Waals surface area contributed by atoms with Gasteiger partial charge in [-0.15, -0.1) is 0 Å². The fourth-order valence-corrected chi connectivity index (χ4v) is 4.30. The van der Waals surface area contributed by atoms with Gasteiger partial charge in [-0.25, -0.2) is 0 Å². The molecule has 0 aliphatic carbocycles. The van der Waals surface area contributed by atoms with Crippen LogP contribution in [0.25, 0.3) is 0 Å². The molecule has 0 unspecified atom stereocenters. The van der Waals surface area contributed by atoms with Crippen LogP contribution in [0, 0.1) is 16.0 Å². The van der Waals surface area contributed by atoms with Crippen LogP contribution in [0.4, 0.5) is 17.1 Å². The first-order valence-corrected chi connectivity index (χ1v) is 9.63. The number of hydrogen-bond acceptors (Lipinski definition) is 6. The van der Waals surface area contributed by atoms with Crippen molar-refractivity contribution in [3.8, 4) is 5.75 Å². The van der Waals surface area contributed by atoms with Crippen LogP contribution in [0.1, 0.15) is 5.56 Å². The van der Waals surface area contributed by atoms with Gasteiger partial charge in [-0.3, -0.25) is 14.9 Å². The van der Waals surface area contributed by atoms with Gasteiger partial charge in [-0.05, 0) is 37.2 Å². The Morgan fingerprint density at radius 3 is 2.83 bits per heavy atom. The number of fused-ring (bicyclic) bond motifs is 3. The molecule has 2 aromatic rings. The number of likely N-dealkylation sites (N-methyl/N-ethyl adjacent to an activating group) is 1. The summed E-state index contributed by atoms with van der Waals surface area (Å²) in [5.41, 5.74) is 2.59. The molecule has 2 heterocycles. The van der Waals surface area contributed by atoms with E-state index >= 15 is 0 Å². The van der Waals surface area contributed by atoms with Gasteiger partial charge in [0.05, 0.1) is 24.0 Å². The van der Waals surface area contributed by atoms with E-state index in [2.05, 4.69) is 22.2 Å². The third-order valence-corrected chi connectivity index (χ3v) is 5.78. The molecule has 0 bridgehead atoms. The normalized spacial score (nSPS) is 21.1. The van der Waals surface area contributed by atoms with E-state index in [1.165, 1.54) is 0 Å². The minimum Gasteiger partial charge on any atom is -0.497 e. The summed E-state index contributed by atoms with van der Waals surface area (Å²) in [6.45, 7) is 2.44. The molecule has 0 radical (unpaired) electrons. The molecular formula is C21H24N4O4. The molecule has 2 aromatic carbocycles. The van der Waals surface area contributed by atoms with E-state index in [9.17, 15) is 14.9 Å². The van der Waals surface area contributed by atoms with Crippen LogP contribution in [0.5, 0.6) is 5.75 Å². The van der Waals surface area contributed by atoms with Gasteiger partial charge in [0, 0.05) is 49.2 Å². The van der Waals surface area contributed by atoms with Crippen molar-refractivity contribution in [2.75, 3.05) is 44.0 Å². The van der Waals surface area contributed by atoms with Gasteiger partial charge >= 0.3 is 0 Å². The molecule has 1 amide bonds. The largest absolute Gasteiger partial charge is 0.497 e. The lowest BCUT2D eigenvalue weighted by molar-refractivity contribution is -0.384. The second-order valence-electron chi connectivity index (χ2n) is 7.62. The molecule has 29 heavy (non-hydrogen) atoms. The fraction of sp³-hybridized carbons (Fsp3) is 0.381. The van der Waals surface area contributed by atoms with Gasteiger partial charge in [0.15, 0.2) is 0 Å². The summed E-state index contributed by atoms with van der Waals surface area (Å²) < 4.78 is 5.23. The number of nitro benzene ring substituents is 1. The number of anilines is 2. The van der Waals surface area contributed by atoms with Crippen molar-refractivity contribution in [3.63, 3.8) is 0 Å². The quantitative estimate of drug-likeness (QED) is 0.631. The number of carbonyl (C=O) groups excluding carboxylic acids is 1. The third-order valence-electron chi connectivity index (χ3n) is 5.78. The van der Waals surface area contributed by atoms with E-state index < -0.39 is 0 Å². The number of nitrogens with one attached hydrogen (secondary N) is 1. The smallest absolute Gasteiger partial charge is 0.269 e. The molecule has 0 spiro atoms. The Balaban J connectivity index is 1.65. The van der Waals surface area contributed by atoms with Crippen LogP contribution < -0.4 is 15.0 Å². The Kier molecular flexibility index (Phi) is 5.10. The molecule has 4 rings (SSSR count). The maximum Gasteiger partial charge on any atom is 0.269 e. The Hall–Kier alpha value is -3.13. The van der Waals surface area contributed by atoms with Crippen LogP contribution in [0.3, 0.4) is 0 Å². The average Bonchev–Trinajstić information content (AvgIpc) is 2.72. The third kappa shape index (κ3) is 3.75. The molecule has 0 saturated carbocycles. The first-order chi connectivity index (χ1) is 14.0. The predicted molar refractivity (Wildman–Crippen MR) is 111 cm³/mol. The second kappa shape index (κ2) is 7.71. The number of benzene rings is 2. The highest BCUT2D eigenvalue weighted by atomic mass is 16.6. The van der Waals surface area contributed by atoms with Crippen LogP contribution in [0.15, 0.2) is 42.5 Å². The highest BCUT2D eigenvalue weighted by Crippen LogP contribution is 2.38. The summed E-state index contributed by atoms with van der Waals surface area (Å²) in [6.07, 6.45) is 0.474. The Labute approximate surface area is 169 Å². The zero-order valence-corrected chi connectivity index (χ0v) is 16.5. The van der Waals surface area contributed by atoms with E-state index in [0.717, 1.165) is 30.9 Å². The molecule has 8 heteroatoms. The number of rotatable bonds is 4. The number of amides is 1. The molecule has 1 N–H and O–H groups in total. The van der Waals surface area contributed by atoms with Crippen molar-refractivity contribution >= 4 is 23.0 Å². The summed E-state index contributed by atoms with van der Waals surface area (Å²) in [7, 11) is 3.64. The molecular weight excluding hydrogens is 372 g/mol. The minimum atomic E-state index is -0.387. The Morgan fingerprint density at radius 1 is 1.24 bits per heavy atom. The van der Waals surface area contributed by atoms with Crippen LogP contribution in [0.2, 0.25) is 0 Å². The summed E-state index contributed by atoms with van der Waals surface area (Å²) in [4.78, 5) is 28.5. The van der Waals surface area contributed by atoms with Crippen molar-refractivity contribution in [2.45, 2.75) is 12.5 Å². The summed E-state index contributed by atoms with van der Waals surface area (Å²) >= 11 is 0. The van der Waals surface area contributed by atoms with Gasteiger partial charge in [-0.2, -0.15) is 0 Å². The maximum atomic E-state index is 13.2. The number of carbonyl (C=O) groups is 1. The minimum absolute atomic E-state index is 0.0216. The SMILES string of the molecule is COc1cccc(NC(=O)[C@H]2Cc3cc([N+](=O)[O-])ccc3N3CCN(C)C[C@@H]23)c1. The molecule has 0 aromatic heterocycles. The van der Waals surface area contributed by atoms with Gasteiger partial charge < -0.3 is 19.9 Å². The lowest BCUT2D eigenvalue weighted by Gasteiger charge is -2.48. The predicted octanol–water partition coefficient (Wildman–Crippen LogP) is 2.53. The molecule has 2 aliphatic rings. The standard InChI is InChI=1S/C21H24N4O4/c1-23-8-9-24-19-7-6-16(25(27)28)10-14(19)11-18(20(24)13-23)21(26)22-15-4-3-5-17(12-15)29-2/h3-7,10,12,18,20H,8-9,11,13H2,1-2H3,(H,22,26)/t18-,20-/m0/s1. The van der Waals surface area contributed by atoms with Crippen molar-refractivity contribution in [1.29, 1.82) is 0 Å². The number of non-ortho nitro benzene ring substituents is 1. The highest BCUT2D eigenvalue weighted by Gasteiger charge is 2.41. The van der Waals surface area contributed by atoms with E-state index in [4.69, 9.17) is 4.74 Å². The average molecular weight is 396 g/mol. The van der Waals surface area contributed by atoms with Gasteiger partial charge in [-0.1, -0.05) is 6.07 Å². The van der Waals surface area contributed by atoms with Crippen molar-refractivity contribution in [1.82, 2.24) is 4.90 Å². The number of nitro groups is 1. The number of nitrogens with zero attached hydrogens (tertiary/aromatic N) is 3.